The fraction of sp³-hybridized carbons (Fsp3) is 0.400. The van der Waals surface area contributed by atoms with Gasteiger partial charge in [0.25, 0.3) is 0 Å². The Bertz CT molecular complexity index is 1590. The first-order valence-corrected chi connectivity index (χ1v) is 12.6. The summed E-state index contributed by atoms with van der Waals surface area (Å²) in [7, 11) is 3.95. The van der Waals surface area contributed by atoms with Crippen LogP contribution in [0.15, 0.2) is 0 Å². The van der Waals surface area contributed by atoms with Crippen molar-refractivity contribution in [2.24, 2.45) is 14.1 Å². The van der Waals surface area contributed by atoms with E-state index in [1.807, 2.05) is 23.5 Å². The third-order valence-corrected chi connectivity index (χ3v) is 8.82. The van der Waals surface area contributed by atoms with Gasteiger partial charge in [0, 0.05) is 14.1 Å². The van der Waals surface area contributed by atoms with Crippen LogP contribution in [0.5, 0.6) is 0 Å². The van der Waals surface area contributed by atoms with Crippen molar-refractivity contribution in [2.45, 2.75) is 69.2 Å². The molecule has 36 heavy (non-hydrogen) atoms. The summed E-state index contributed by atoms with van der Waals surface area (Å²) in [4.78, 5) is 0. The number of aromatic nitrogens is 6. The van der Waals surface area contributed by atoms with Gasteiger partial charge >= 0.3 is 0 Å². The molecular weight excluding hydrogens is 444 g/mol. The van der Waals surface area contributed by atoms with Gasteiger partial charge in [0.2, 0.25) is 0 Å². The van der Waals surface area contributed by atoms with Crippen molar-refractivity contribution in [3.63, 3.8) is 0 Å². The fourth-order valence-electron chi connectivity index (χ4n) is 6.40. The van der Waals surface area contributed by atoms with E-state index in [-0.39, 0.29) is 0 Å². The highest BCUT2D eigenvalue weighted by molar-refractivity contribution is 5.97. The maximum absolute atomic E-state index is 4.54. The Kier molecular flexibility index (Phi) is 5.36. The zero-order valence-corrected chi connectivity index (χ0v) is 23.7. The van der Waals surface area contributed by atoms with Crippen LogP contribution in [0.4, 0.5) is 0 Å². The molecule has 0 aliphatic rings. The number of hydrogen-bond donors (Lipinski definition) is 0. The molecule has 186 valence electrons. The van der Waals surface area contributed by atoms with E-state index >= 15 is 0 Å². The van der Waals surface area contributed by atoms with Crippen molar-refractivity contribution in [3.8, 4) is 22.3 Å². The monoisotopic (exact) mass is 480 g/mol. The van der Waals surface area contributed by atoms with Crippen LogP contribution in [0.1, 0.15) is 55.6 Å². The Morgan fingerprint density at radius 2 is 0.611 bits per heavy atom. The summed E-state index contributed by atoms with van der Waals surface area (Å²) >= 11 is 0. The van der Waals surface area contributed by atoms with Crippen LogP contribution in [0.25, 0.3) is 44.3 Å². The van der Waals surface area contributed by atoms with E-state index in [1.165, 1.54) is 77.9 Å². The highest BCUT2D eigenvalue weighted by Crippen LogP contribution is 2.46. The molecule has 0 radical (unpaired) electrons. The molecule has 2 aromatic heterocycles. The third-order valence-electron chi connectivity index (χ3n) is 8.82. The maximum Gasteiger partial charge on any atom is 0.116 e. The summed E-state index contributed by atoms with van der Waals surface area (Å²) in [6, 6.07) is 0. The Balaban J connectivity index is 1.89. The van der Waals surface area contributed by atoms with E-state index in [0.717, 1.165) is 22.1 Å². The SMILES string of the molecule is Cc1c(C)c(-c2c(C)c(C)c3c(nnn3C)c2C)c(C)c(C)c1-c1c(C)c(C)c2c(nnn2C)c1C. The topological polar surface area (TPSA) is 61.4 Å². The lowest BCUT2D eigenvalue weighted by Gasteiger charge is -2.26. The molecule has 0 atom stereocenters. The van der Waals surface area contributed by atoms with Gasteiger partial charge in [-0.25, -0.2) is 9.36 Å². The molecule has 0 unspecified atom stereocenters. The molecule has 3 aromatic carbocycles. The van der Waals surface area contributed by atoms with Crippen LogP contribution >= 0.6 is 0 Å². The molecule has 0 fully saturated rings. The van der Waals surface area contributed by atoms with Crippen LogP contribution < -0.4 is 0 Å². The van der Waals surface area contributed by atoms with E-state index < -0.39 is 0 Å². The average molecular weight is 481 g/mol. The van der Waals surface area contributed by atoms with Crippen molar-refractivity contribution in [2.75, 3.05) is 0 Å². The second-order valence-corrected chi connectivity index (χ2v) is 10.6. The molecule has 0 spiro atoms. The normalized spacial score (nSPS) is 11.9. The van der Waals surface area contributed by atoms with E-state index in [4.69, 9.17) is 0 Å². The number of hydrogen-bond acceptors (Lipinski definition) is 4. The molecule has 6 nitrogen and oxygen atoms in total. The maximum atomic E-state index is 4.54. The number of aryl methyl sites for hydroxylation is 6. The first-order valence-electron chi connectivity index (χ1n) is 12.6. The highest BCUT2D eigenvalue weighted by Gasteiger charge is 2.26. The van der Waals surface area contributed by atoms with Crippen molar-refractivity contribution in [3.05, 3.63) is 55.6 Å². The van der Waals surface area contributed by atoms with Crippen molar-refractivity contribution in [1.29, 1.82) is 0 Å². The Morgan fingerprint density at radius 1 is 0.361 bits per heavy atom. The molecule has 0 aliphatic heterocycles. The Morgan fingerprint density at radius 3 is 0.917 bits per heavy atom. The minimum absolute atomic E-state index is 0.990. The average Bonchev–Trinajstić information content (AvgIpc) is 3.42. The quantitative estimate of drug-likeness (QED) is 0.283. The van der Waals surface area contributed by atoms with Gasteiger partial charge in [-0.1, -0.05) is 10.4 Å². The van der Waals surface area contributed by atoms with Gasteiger partial charge in [0.1, 0.15) is 11.0 Å². The smallest absolute Gasteiger partial charge is 0.116 e. The molecule has 0 bridgehead atoms. The van der Waals surface area contributed by atoms with Crippen molar-refractivity contribution >= 4 is 22.1 Å². The van der Waals surface area contributed by atoms with Crippen molar-refractivity contribution in [1.82, 2.24) is 30.0 Å². The Labute approximate surface area is 213 Å². The lowest BCUT2D eigenvalue weighted by Crippen LogP contribution is -2.06. The lowest BCUT2D eigenvalue weighted by molar-refractivity contribution is 0.735. The number of nitrogens with zero attached hydrogens (tertiary/aromatic N) is 6. The molecule has 0 saturated heterocycles. The van der Waals surface area contributed by atoms with Gasteiger partial charge in [-0.05, 0) is 147 Å². The van der Waals surface area contributed by atoms with E-state index in [2.05, 4.69) is 89.9 Å². The summed E-state index contributed by atoms with van der Waals surface area (Å²) in [6.07, 6.45) is 0. The van der Waals surface area contributed by atoms with E-state index in [1.54, 1.807) is 0 Å². The van der Waals surface area contributed by atoms with Crippen LogP contribution in [-0.2, 0) is 14.1 Å². The minimum atomic E-state index is 0.990. The predicted molar refractivity (Wildman–Crippen MR) is 149 cm³/mol. The standard InChI is InChI=1S/C30H36N6/c1-13-14(2)24(26-18(6)20(8)30-28(22(26)10)32-34-36(30)12)16(4)15(3)23(13)25-17(5)19(7)29-27(21(25)9)31-33-35(29)11/h1-12H3. The zero-order chi connectivity index (χ0) is 26.4. The molecular formula is C30H36N6. The second-order valence-electron chi connectivity index (χ2n) is 10.6. The second kappa shape index (κ2) is 7.99. The van der Waals surface area contributed by atoms with E-state index in [0.29, 0.717) is 0 Å². The van der Waals surface area contributed by atoms with Crippen LogP contribution in [0.3, 0.4) is 0 Å². The summed E-state index contributed by atoms with van der Waals surface area (Å²) in [5, 5.41) is 17.7. The van der Waals surface area contributed by atoms with E-state index in [9.17, 15) is 0 Å². The van der Waals surface area contributed by atoms with Gasteiger partial charge in [-0.3, -0.25) is 0 Å². The number of benzene rings is 3. The summed E-state index contributed by atoms with van der Waals surface area (Å²) in [5.74, 6) is 0. The zero-order valence-electron chi connectivity index (χ0n) is 23.7. The van der Waals surface area contributed by atoms with Gasteiger partial charge in [0.15, 0.2) is 0 Å². The van der Waals surface area contributed by atoms with Gasteiger partial charge in [0.05, 0.1) is 11.0 Å². The predicted octanol–water partition coefficient (Wildman–Crippen LogP) is 6.67. The fourth-order valence-corrected chi connectivity index (χ4v) is 6.40. The first kappa shape index (κ1) is 24.2. The molecule has 0 amide bonds. The number of rotatable bonds is 2. The molecule has 5 aromatic rings. The lowest BCUT2D eigenvalue weighted by atomic mass is 9.78. The van der Waals surface area contributed by atoms with Crippen LogP contribution in [-0.4, -0.2) is 30.0 Å². The number of fused-ring (bicyclic) bond motifs is 2. The summed E-state index contributed by atoms with van der Waals surface area (Å²) in [5.41, 5.74) is 22.2. The summed E-state index contributed by atoms with van der Waals surface area (Å²) in [6.45, 7) is 22.3. The molecule has 6 heteroatoms. The molecule has 2 heterocycles. The molecule has 0 saturated carbocycles. The first-order chi connectivity index (χ1) is 16.9. The minimum Gasteiger partial charge on any atom is -0.247 e. The van der Waals surface area contributed by atoms with Crippen LogP contribution in [0, 0.1) is 69.2 Å². The van der Waals surface area contributed by atoms with Gasteiger partial charge in [-0.2, -0.15) is 0 Å². The third kappa shape index (κ3) is 2.96. The Hall–Kier alpha value is -3.54. The summed E-state index contributed by atoms with van der Waals surface area (Å²) < 4.78 is 3.79. The van der Waals surface area contributed by atoms with Gasteiger partial charge in [-0.15, -0.1) is 10.2 Å². The van der Waals surface area contributed by atoms with Crippen LogP contribution in [0.2, 0.25) is 0 Å². The largest absolute Gasteiger partial charge is 0.247 e. The van der Waals surface area contributed by atoms with Gasteiger partial charge < -0.3 is 0 Å². The highest BCUT2D eigenvalue weighted by atomic mass is 15.4. The molecule has 0 N–H and O–H groups in total. The molecule has 5 rings (SSSR count). The van der Waals surface area contributed by atoms with Crippen molar-refractivity contribution < 1.29 is 0 Å². The molecule has 0 aliphatic carbocycles.